The van der Waals surface area contributed by atoms with Crippen LogP contribution in [0.25, 0.3) is 0 Å². The lowest BCUT2D eigenvalue weighted by Gasteiger charge is -2.50. The molecule has 4 rings (SSSR count). The first-order chi connectivity index (χ1) is 11.6. The van der Waals surface area contributed by atoms with Gasteiger partial charge in [-0.15, -0.1) is 0 Å². The number of aromatic nitrogens is 2. The molecule has 1 spiro atoms. The minimum Gasteiger partial charge on any atom is -0.392 e. The van der Waals surface area contributed by atoms with Gasteiger partial charge in [0.25, 0.3) is 5.91 Å². The highest BCUT2D eigenvalue weighted by Gasteiger charge is 2.45. The Kier molecular flexibility index (Phi) is 4.04. The molecule has 3 fully saturated rings. The fourth-order valence-electron chi connectivity index (χ4n) is 4.29. The number of carbonyl (C=O) groups excluding carboxylic acids is 1. The number of rotatable bonds is 2. The Hall–Kier alpha value is -1.53. The second-order valence-electron chi connectivity index (χ2n) is 7.84. The number of hydrogen-bond acceptors (Lipinski definition) is 5. The number of nitrogens with zero attached hydrogens (tertiary/aromatic N) is 4. The highest BCUT2D eigenvalue weighted by molar-refractivity contribution is 5.93. The summed E-state index contributed by atoms with van der Waals surface area (Å²) in [7, 11) is 2.10. The Morgan fingerprint density at radius 3 is 2.67 bits per heavy atom. The quantitative estimate of drug-likeness (QED) is 0.884. The second kappa shape index (κ2) is 6.08. The summed E-state index contributed by atoms with van der Waals surface area (Å²) >= 11 is 0. The highest BCUT2D eigenvalue weighted by atomic mass is 16.3. The Bertz CT molecular complexity index is 616. The van der Waals surface area contributed by atoms with Gasteiger partial charge in [-0.2, -0.15) is 0 Å². The fraction of sp³-hybridized carbons (Fsp3) is 0.722. The maximum Gasteiger partial charge on any atom is 0.257 e. The van der Waals surface area contributed by atoms with Crippen LogP contribution < -0.4 is 0 Å². The summed E-state index contributed by atoms with van der Waals surface area (Å²) in [6, 6.07) is 0. The number of likely N-dealkylation sites (tertiary alicyclic amines) is 2. The zero-order chi connectivity index (χ0) is 16.7. The molecule has 130 valence electrons. The summed E-state index contributed by atoms with van der Waals surface area (Å²) in [5.74, 6) is 1.36. The average Bonchev–Trinajstić information content (AvgIpc) is 3.43. The van der Waals surface area contributed by atoms with Crippen LogP contribution in [0.5, 0.6) is 0 Å². The van der Waals surface area contributed by atoms with Gasteiger partial charge in [-0.1, -0.05) is 0 Å². The van der Waals surface area contributed by atoms with E-state index in [0.717, 1.165) is 57.6 Å². The van der Waals surface area contributed by atoms with Crippen molar-refractivity contribution in [3.8, 4) is 0 Å². The molecule has 6 nitrogen and oxygen atoms in total. The molecule has 1 aromatic rings. The molecule has 24 heavy (non-hydrogen) atoms. The van der Waals surface area contributed by atoms with Gasteiger partial charge in [-0.3, -0.25) is 4.79 Å². The van der Waals surface area contributed by atoms with Crippen molar-refractivity contribution in [1.29, 1.82) is 0 Å². The van der Waals surface area contributed by atoms with Crippen molar-refractivity contribution >= 4 is 5.91 Å². The van der Waals surface area contributed by atoms with Crippen LogP contribution in [-0.2, 0) is 0 Å². The molecule has 1 saturated carbocycles. The molecule has 0 radical (unpaired) electrons. The predicted octanol–water partition coefficient (Wildman–Crippen LogP) is 1.27. The smallest absolute Gasteiger partial charge is 0.257 e. The van der Waals surface area contributed by atoms with Crippen LogP contribution in [0.4, 0.5) is 0 Å². The first-order valence-corrected chi connectivity index (χ1v) is 9.05. The van der Waals surface area contributed by atoms with Crippen LogP contribution >= 0.6 is 0 Å². The van der Waals surface area contributed by atoms with E-state index in [2.05, 4.69) is 21.9 Å². The van der Waals surface area contributed by atoms with E-state index in [-0.39, 0.29) is 17.4 Å². The van der Waals surface area contributed by atoms with Crippen LogP contribution in [0.3, 0.4) is 0 Å². The minimum atomic E-state index is -0.321. The molecule has 0 bridgehead atoms. The van der Waals surface area contributed by atoms with Crippen molar-refractivity contribution < 1.29 is 9.90 Å². The van der Waals surface area contributed by atoms with E-state index >= 15 is 0 Å². The largest absolute Gasteiger partial charge is 0.392 e. The van der Waals surface area contributed by atoms with Gasteiger partial charge in [0.2, 0.25) is 0 Å². The molecule has 3 heterocycles. The van der Waals surface area contributed by atoms with Gasteiger partial charge in [0.05, 0.1) is 11.7 Å². The summed E-state index contributed by atoms with van der Waals surface area (Å²) in [6.07, 6.45) is 8.06. The van der Waals surface area contributed by atoms with Gasteiger partial charge in [-0.05, 0) is 39.2 Å². The summed E-state index contributed by atoms with van der Waals surface area (Å²) in [5, 5.41) is 10.6. The lowest BCUT2D eigenvalue weighted by Crippen LogP contribution is -2.59. The van der Waals surface area contributed by atoms with E-state index in [0.29, 0.717) is 18.0 Å². The number of piperidine rings is 2. The van der Waals surface area contributed by atoms with Crippen LogP contribution in [0.1, 0.15) is 54.2 Å². The van der Waals surface area contributed by atoms with Crippen LogP contribution in [-0.4, -0.2) is 70.1 Å². The monoisotopic (exact) mass is 330 g/mol. The van der Waals surface area contributed by atoms with Gasteiger partial charge in [0.1, 0.15) is 5.82 Å². The molecule has 3 aliphatic rings. The second-order valence-corrected chi connectivity index (χ2v) is 7.84. The molecule has 2 atom stereocenters. The lowest BCUT2D eigenvalue weighted by atomic mass is 9.71. The summed E-state index contributed by atoms with van der Waals surface area (Å²) in [6.45, 7) is 3.16. The Morgan fingerprint density at radius 2 is 1.96 bits per heavy atom. The molecule has 1 N–H and O–H groups in total. The van der Waals surface area contributed by atoms with Crippen molar-refractivity contribution in [2.45, 2.75) is 44.1 Å². The van der Waals surface area contributed by atoms with Crippen LogP contribution in [0.15, 0.2) is 12.4 Å². The zero-order valence-electron chi connectivity index (χ0n) is 14.3. The van der Waals surface area contributed by atoms with Gasteiger partial charge >= 0.3 is 0 Å². The average molecular weight is 330 g/mol. The molecule has 2 saturated heterocycles. The molecular formula is C18H26N4O2. The molecular weight excluding hydrogens is 304 g/mol. The third kappa shape index (κ3) is 2.93. The highest BCUT2D eigenvalue weighted by Crippen LogP contribution is 2.39. The summed E-state index contributed by atoms with van der Waals surface area (Å²) < 4.78 is 0. The fourth-order valence-corrected chi connectivity index (χ4v) is 4.29. The van der Waals surface area contributed by atoms with E-state index in [9.17, 15) is 9.90 Å². The summed E-state index contributed by atoms with van der Waals surface area (Å²) in [5.41, 5.74) is 0.380. The molecule has 6 heteroatoms. The van der Waals surface area contributed by atoms with Crippen LogP contribution in [0, 0.1) is 5.41 Å². The van der Waals surface area contributed by atoms with E-state index < -0.39 is 0 Å². The van der Waals surface area contributed by atoms with Gasteiger partial charge in [0.15, 0.2) is 0 Å². The van der Waals surface area contributed by atoms with Gasteiger partial charge in [-0.25, -0.2) is 9.97 Å². The van der Waals surface area contributed by atoms with E-state index in [1.165, 1.54) is 0 Å². The van der Waals surface area contributed by atoms with Crippen molar-refractivity contribution in [3.05, 3.63) is 23.8 Å². The third-order valence-corrected chi connectivity index (χ3v) is 5.83. The molecule has 0 unspecified atom stereocenters. The van der Waals surface area contributed by atoms with Crippen molar-refractivity contribution in [3.63, 3.8) is 0 Å². The molecule has 2 aliphatic heterocycles. The molecule has 1 amide bonds. The summed E-state index contributed by atoms with van der Waals surface area (Å²) in [4.78, 5) is 25.8. The standard InChI is InChI=1S/C18H26N4O2/c1-21-8-5-15(23)18(11-21)6-2-7-22(12-18)17(24)14-9-19-16(20-10-14)13-3-4-13/h9-10,13,15,23H,2-8,11-12H2,1H3/t15-,18-/m0/s1. The predicted molar refractivity (Wildman–Crippen MR) is 89.7 cm³/mol. The van der Waals surface area contributed by atoms with E-state index in [4.69, 9.17) is 0 Å². The van der Waals surface area contributed by atoms with Crippen molar-refractivity contribution in [2.24, 2.45) is 5.41 Å². The maximum absolute atomic E-state index is 12.9. The Morgan fingerprint density at radius 1 is 1.21 bits per heavy atom. The number of hydrogen-bond donors (Lipinski definition) is 1. The molecule has 1 aliphatic carbocycles. The third-order valence-electron chi connectivity index (χ3n) is 5.83. The number of aliphatic hydroxyl groups is 1. The van der Waals surface area contributed by atoms with E-state index in [1.54, 1.807) is 12.4 Å². The minimum absolute atomic E-state index is 0.00292. The number of amides is 1. The first kappa shape index (κ1) is 16.0. The Balaban J connectivity index is 1.49. The maximum atomic E-state index is 12.9. The lowest BCUT2D eigenvalue weighted by molar-refractivity contribution is -0.0731. The first-order valence-electron chi connectivity index (χ1n) is 9.05. The Labute approximate surface area is 142 Å². The molecule has 1 aromatic heterocycles. The number of carbonyl (C=O) groups is 1. The van der Waals surface area contributed by atoms with Crippen molar-refractivity contribution in [1.82, 2.24) is 19.8 Å². The molecule has 0 aromatic carbocycles. The topological polar surface area (TPSA) is 69.6 Å². The van der Waals surface area contributed by atoms with Gasteiger partial charge < -0.3 is 14.9 Å². The van der Waals surface area contributed by atoms with Crippen molar-refractivity contribution in [2.75, 3.05) is 33.2 Å². The van der Waals surface area contributed by atoms with Crippen LogP contribution in [0.2, 0.25) is 0 Å². The number of aliphatic hydroxyl groups excluding tert-OH is 1. The van der Waals surface area contributed by atoms with Gasteiger partial charge in [0, 0.05) is 49.9 Å². The SMILES string of the molecule is CN1CC[C@H](O)[C@@]2(CCCN(C(=O)c3cnc(C4CC4)nc3)C2)C1. The zero-order valence-corrected chi connectivity index (χ0v) is 14.3. The van der Waals surface area contributed by atoms with E-state index in [1.807, 2.05) is 4.90 Å². The normalized spacial score (nSPS) is 31.4.